The fourth-order valence-corrected chi connectivity index (χ4v) is 1.17. The van der Waals surface area contributed by atoms with Crippen molar-refractivity contribution in [3.05, 3.63) is 0 Å². The summed E-state index contributed by atoms with van der Waals surface area (Å²) in [6, 6.07) is -0.398. The maximum atomic E-state index is 11.3. The van der Waals surface area contributed by atoms with Crippen LogP contribution in [0.1, 0.15) is 20.3 Å². The zero-order valence-electron chi connectivity index (χ0n) is 7.82. The summed E-state index contributed by atoms with van der Waals surface area (Å²) < 4.78 is 0. The van der Waals surface area contributed by atoms with Crippen molar-refractivity contribution in [2.75, 3.05) is 0 Å². The third-order valence-corrected chi connectivity index (χ3v) is 2.36. The number of carbonyl (C=O) groups is 1. The van der Waals surface area contributed by atoms with E-state index in [2.05, 4.69) is 10.5 Å². The minimum atomic E-state index is -0.398. The second kappa shape index (κ2) is 3.64. The Morgan fingerprint density at radius 1 is 1.77 bits per heavy atom. The number of hydrogen-bond acceptors (Lipinski definition) is 3. The molecule has 0 bridgehead atoms. The lowest BCUT2D eigenvalue weighted by Crippen LogP contribution is -2.43. The highest BCUT2D eigenvalue weighted by Crippen LogP contribution is 2.37. The zero-order chi connectivity index (χ0) is 10.0. The smallest absolute Gasteiger partial charge is 0.223 e. The summed E-state index contributed by atoms with van der Waals surface area (Å²) in [6.45, 7) is 3.71. The molecule has 1 aliphatic rings. The highest BCUT2D eigenvalue weighted by Gasteiger charge is 2.39. The summed E-state index contributed by atoms with van der Waals surface area (Å²) >= 11 is 0. The predicted molar refractivity (Wildman–Crippen MR) is 48.3 cm³/mol. The summed E-state index contributed by atoms with van der Waals surface area (Å²) in [7, 11) is 0. The van der Waals surface area contributed by atoms with Gasteiger partial charge in [-0.05, 0) is 19.3 Å². The van der Waals surface area contributed by atoms with Gasteiger partial charge in [-0.15, -0.1) is 0 Å². The van der Waals surface area contributed by atoms with Crippen LogP contribution in [0.25, 0.3) is 0 Å². The molecular weight excluding hydrogens is 170 g/mol. The minimum Gasteiger partial charge on any atom is -0.409 e. The Hall–Kier alpha value is -1.26. The molecule has 0 aromatic rings. The molecule has 5 nitrogen and oxygen atoms in total. The van der Waals surface area contributed by atoms with Crippen LogP contribution in [0.3, 0.4) is 0 Å². The van der Waals surface area contributed by atoms with Crippen molar-refractivity contribution in [3.8, 4) is 0 Å². The molecule has 1 aliphatic carbocycles. The Bertz CT molecular complexity index is 240. The third kappa shape index (κ3) is 2.34. The summed E-state index contributed by atoms with van der Waals surface area (Å²) in [5.74, 6) is 0.613. The number of nitrogens with two attached hydrogens (primary N) is 1. The molecule has 1 amide bonds. The van der Waals surface area contributed by atoms with Crippen LogP contribution in [-0.2, 0) is 4.79 Å². The predicted octanol–water partition coefficient (Wildman–Crippen LogP) is -0.106. The molecule has 1 rings (SSSR count). The normalized spacial score (nSPS) is 29.5. The molecule has 1 saturated carbocycles. The van der Waals surface area contributed by atoms with E-state index in [0.29, 0.717) is 5.92 Å². The Labute approximate surface area is 77.0 Å². The third-order valence-electron chi connectivity index (χ3n) is 2.36. The average Bonchev–Trinajstić information content (AvgIpc) is 2.81. The summed E-state index contributed by atoms with van der Waals surface area (Å²) in [5.41, 5.74) is 5.31. The van der Waals surface area contributed by atoms with Gasteiger partial charge in [0.2, 0.25) is 5.91 Å². The molecule has 0 aromatic heterocycles. The van der Waals surface area contributed by atoms with E-state index in [4.69, 9.17) is 10.9 Å². The number of amides is 1. The van der Waals surface area contributed by atoms with E-state index in [-0.39, 0.29) is 17.7 Å². The summed E-state index contributed by atoms with van der Waals surface area (Å²) in [5, 5.41) is 13.8. The molecule has 74 valence electrons. The van der Waals surface area contributed by atoms with Crippen LogP contribution < -0.4 is 11.1 Å². The lowest BCUT2D eigenvalue weighted by molar-refractivity contribution is -0.122. The molecule has 0 saturated heterocycles. The SMILES string of the molecule is CC(NC(=O)C1CC1C)/C(N)=N/O. The van der Waals surface area contributed by atoms with E-state index in [9.17, 15) is 4.79 Å². The van der Waals surface area contributed by atoms with E-state index >= 15 is 0 Å². The van der Waals surface area contributed by atoms with Crippen LogP contribution in [0.5, 0.6) is 0 Å². The molecule has 1 fully saturated rings. The first-order valence-corrected chi connectivity index (χ1v) is 4.34. The van der Waals surface area contributed by atoms with Crippen molar-refractivity contribution in [1.82, 2.24) is 5.32 Å². The number of amidine groups is 1. The molecule has 3 unspecified atom stereocenters. The molecule has 0 radical (unpaired) electrons. The van der Waals surface area contributed by atoms with Gasteiger partial charge in [-0.25, -0.2) is 0 Å². The largest absolute Gasteiger partial charge is 0.409 e. The van der Waals surface area contributed by atoms with Crippen molar-refractivity contribution in [3.63, 3.8) is 0 Å². The fourth-order valence-electron chi connectivity index (χ4n) is 1.17. The number of nitrogens with one attached hydrogen (secondary N) is 1. The Balaban J connectivity index is 2.36. The van der Waals surface area contributed by atoms with Gasteiger partial charge in [-0.2, -0.15) is 0 Å². The van der Waals surface area contributed by atoms with Gasteiger partial charge in [0, 0.05) is 5.92 Å². The van der Waals surface area contributed by atoms with Crippen LogP contribution in [0.2, 0.25) is 0 Å². The molecule has 5 heteroatoms. The standard InChI is InChI=1S/C8H15N3O2/c1-4-3-6(4)8(12)10-5(2)7(9)11-13/h4-6,13H,3H2,1-2H3,(H2,9,11)(H,10,12). The number of hydrogen-bond donors (Lipinski definition) is 3. The Morgan fingerprint density at radius 3 is 2.69 bits per heavy atom. The van der Waals surface area contributed by atoms with Crippen LogP contribution in [0.15, 0.2) is 5.16 Å². The van der Waals surface area contributed by atoms with E-state index in [0.717, 1.165) is 6.42 Å². The Kier molecular flexibility index (Phi) is 2.75. The maximum Gasteiger partial charge on any atom is 0.223 e. The van der Waals surface area contributed by atoms with Crippen molar-refractivity contribution >= 4 is 11.7 Å². The highest BCUT2D eigenvalue weighted by atomic mass is 16.4. The molecule has 0 aromatic carbocycles. The lowest BCUT2D eigenvalue weighted by atomic mass is 10.2. The van der Waals surface area contributed by atoms with Crippen molar-refractivity contribution < 1.29 is 10.0 Å². The van der Waals surface area contributed by atoms with Gasteiger partial charge in [0.05, 0.1) is 6.04 Å². The van der Waals surface area contributed by atoms with Gasteiger partial charge < -0.3 is 16.3 Å². The van der Waals surface area contributed by atoms with Gasteiger partial charge in [0.25, 0.3) is 0 Å². The molecule has 0 aliphatic heterocycles. The van der Waals surface area contributed by atoms with E-state index in [1.807, 2.05) is 6.92 Å². The lowest BCUT2D eigenvalue weighted by Gasteiger charge is -2.11. The van der Waals surface area contributed by atoms with E-state index in [1.165, 1.54) is 0 Å². The fraction of sp³-hybridized carbons (Fsp3) is 0.750. The van der Waals surface area contributed by atoms with Crippen LogP contribution >= 0.6 is 0 Å². The van der Waals surface area contributed by atoms with Gasteiger partial charge in [0.1, 0.15) is 0 Å². The second-order valence-corrected chi connectivity index (χ2v) is 3.57. The average molecular weight is 185 g/mol. The molecular formula is C8H15N3O2. The number of carbonyl (C=O) groups excluding carboxylic acids is 1. The first-order chi connectivity index (χ1) is 6.06. The van der Waals surface area contributed by atoms with Crippen molar-refractivity contribution in [1.29, 1.82) is 0 Å². The molecule has 4 N–H and O–H groups in total. The van der Waals surface area contributed by atoms with E-state index in [1.54, 1.807) is 6.92 Å². The monoisotopic (exact) mass is 185 g/mol. The first-order valence-electron chi connectivity index (χ1n) is 4.34. The van der Waals surface area contributed by atoms with Crippen LogP contribution in [0, 0.1) is 11.8 Å². The Morgan fingerprint density at radius 2 is 2.31 bits per heavy atom. The van der Waals surface area contributed by atoms with Crippen molar-refractivity contribution in [2.24, 2.45) is 22.7 Å². The van der Waals surface area contributed by atoms with Gasteiger partial charge >= 0.3 is 0 Å². The quantitative estimate of drug-likeness (QED) is 0.248. The topological polar surface area (TPSA) is 87.7 Å². The van der Waals surface area contributed by atoms with E-state index < -0.39 is 6.04 Å². The van der Waals surface area contributed by atoms with Gasteiger partial charge in [-0.1, -0.05) is 12.1 Å². The van der Waals surface area contributed by atoms with Crippen molar-refractivity contribution in [2.45, 2.75) is 26.3 Å². The summed E-state index contributed by atoms with van der Waals surface area (Å²) in [4.78, 5) is 11.3. The number of oxime groups is 1. The maximum absolute atomic E-state index is 11.3. The molecule has 0 heterocycles. The van der Waals surface area contributed by atoms with Gasteiger partial charge in [-0.3, -0.25) is 4.79 Å². The van der Waals surface area contributed by atoms with Gasteiger partial charge in [0.15, 0.2) is 5.84 Å². The summed E-state index contributed by atoms with van der Waals surface area (Å²) in [6.07, 6.45) is 0.939. The second-order valence-electron chi connectivity index (χ2n) is 3.57. The van der Waals surface area contributed by atoms with Crippen LogP contribution in [-0.4, -0.2) is 23.0 Å². The zero-order valence-corrected chi connectivity index (χ0v) is 7.82. The first kappa shape index (κ1) is 9.83. The minimum absolute atomic E-state index is 0.00778. The number of nitrogens with zero attached hydrogens (tertiary/aromatic N) is 1. The molecule has 13 heavy (non-hydrogen) atoms. The van der Waals surface area contributed by atoms with Crippen LogP contribution in [0.4, 0.5) is 0 Å². The molecule has 3 atom stereocenters. The highest BCUT2D eigenvalue weighted by molar-refractivity contribution is 5.91. The number of rotatable bonds is 3. The molecule has 0 spiro atoms.